The van der Waals surface area contributed by atoms with Crippen molar-refractivity contribution in [3.63, 3.8) is 0 Å². The van der Waals surface area contributed by atoms with E-state index in [4.69, 9.17) is 4.74 Å². The van der Waals surface area contributed by atoms with Crippen LogP contribution in [0.5, 0.6) is 0 Å². The lowest BCUT2D eigenvalue weighted by Gasteiger charge is -2.44. The highest BCUT2D eigenvalue weighted by Crippen LogP contribution is 2.35. The molecule has 2 fully saturated rings. The molecule has 1 atom stereocenters. The molecule has 2 aliphatic heterocycles. The first kappa shape index (κ1) is 15.3. The van der Waals surface area contributed by atoms with Gasteiger partial charge in [0, 0.05) is 50.2 Å². The number of anilines is 2. The van der Waals surface area contributed by atoms with Gasteiger partial charge in [0.25, 0.3) is 0 Å². The summed E-state index contributed by atoms with van der Waals surface area (Å²) >= 11 is 0. The van der Waals surface area contributed by atoms with Gasteiger partial charge in [-0.05, 0) is 18.9 Å². The van der Waals surface area contributed by atoms with Gasteiger partial charge in [-0.1, -0.05) is 0 Å². The van der Waals surface area contributed by atoms with E-state index < -0.39 is 0 Å². The van der Waals surface area contributed by atoms with Crippen molar-refractivity contribution in [3.05, 3.63) is 37.2 Å². The van der Waals surface area contributed by atoms with Crippen molar-refractivity contribution in [2.75, 3.05) is 49.2 Å². The maximum atomic E-state index is 5.97. The molecule has 0 radical (unpaired) electrons. The molecule has 24 heavy (non-hydrogen) atoms. The highest BCUT2D eigenvalue weighted by atomic mass is 16.5. The molecule has 0 aliphatic carbocycles. The van der Waals surface area contributed by atoms with E-state index in [1.807, 2.05) is 12.3 Å². The molecule has 2 saturated heterocycles. The normalized spacial score (nSPS) is 24.8. The van der Waals surface area contributed by atoms with Crippen LogP contribution in [0.2, 0.25) is 0 Å². The first-order valence-electron chi connectivity index (χ1n) is 8.44. The molecular weight excluding hydrogens is 304 g/mol. The Bertz CT molecular complexity index is 655. The van der Waals surface area contributed by atoms with Crippen LogP contribution in [0.1, 0.15) is 12.8 Å². The first-order valence-corrected chi connectivity index (χ1v) is 8.44. The van der Waals surface area contributed by atoms with Gasteiger partial charge < -0.3 is 14.5 Å². The summed E-state index contributed by atoms with van der Waals surface area (Å²) in [7, 11) is 0. The van der Waals surface area contributed by atoms with Crippen LogP contribution in [0.25, 0.3) is 0 Å². The number of aromatic nitrogens is 4. The Labute approximate surface area is 141 Å². The fourth-order valence-electron chi connectivity index (χ4n) is 3.76. The van der Waals surface area contributed by atoms with Gasteiger partial charge in [0.1, 0.15) is 18.0 Å². The summed E-state index contributed by atoms with van der Waals surface area (Å²) in [5.41, 5.74) is 0.0945. The fraction of sp³-hybridized carbons (Fsp3) is 0.529. The Hall–Kier alpha value is -2.28. The van der Waals surface area contributed by atoms with Crippen LogP contribution < -0.4 is 9.80 Å². The van der Waals surface area contributed by atoms with Crippen LogP contribution in [0.4, 0.5) is 11.6 Å². The number of piperidine rings is 1. The third-order valence-corrected chi connectivity index (χ3v) is 4.87. The second-order valence-electron chi connectivity index (χ2n) is 6.63. The van der Waals surface area contributed by atoms with Crippen molar-refractivity contribution in [3.8, 4) is 0 Å². The molecule has 0 N–H and O–H groups in total. The molecule has 0 bridgehead atoms. The Morgan fingerprint density at radius 1 is 0.958 bits per heavy atom. The summed E-state index contributed by atoms with van der Waals surface area (Å²) in [5, 5.41) is 0. The molecule has 2 aliphatic rings. The van der Waals surface area contributed by atoms with Crippen molar-refractivity contribution in [1.82, 2.24) is 19.9 Å². The fourth-order valence-corrected chi connectivity index (χ4v) is 3.76. The molecule has 2 aromatic rings. The van der Waals surface area contributed by atoms with E-state index in [9.17, 15) is 0 Å². The number of nitrogens with zero attached hydrogens (tertiary/aromatic N) is 6. The van der Waals surface area contributed by atoms with Crippen LogP contribution >= 0.6 is 0 Å². The zero-order valence-corrected chi connectivity index (χ0v) is 13.7. The molecule has 4 heterocycles. The Morgan fingerprint density at radius 3 is 2.67 bits per heavy atom. The minimum atomic E-state index is 0.0945. The van der Waals surface area contributed by atoms with Crippen LogP contribution in [-0.2, 0) is 4.74 Å². The number of ether oxygens (including phenoxy) is 1. The second kappa shape index (κ2) is 6.68. The van der Waals surface area contributed by atoms with Gasteiger partial charge in [0.15, 0.2) is 0 Å². The highest BCUT2D eigenvalue weighted by molar-refractivity contribution is 5.40. The van der Waals surface area contributed by atoms with Crippen LogP contribution in [0.3, 0.4) is 0 Å². The average molecular weight is 326 g/mol. The number of hydrogen-bond donors (Lipinski definition) is 0. The molecule has 2 aromatic heterocycles. The van der Waals surface area contributed by atoms with Gasteiger partial charge in [-0.25, -0.2) is 15.0 Å². The molecule has 7 heteroatoms. The van der Waals surface area contributed by atoms with Crippen molar-refractivity contribution >= 4 is 11.6 Å². The standard InChI is InChI=1S/C17H22N6O/c1-3-17(11-22(7-1)15-2-4-19-14-21-15)12-23(8-9-24-13-17)16-10-18-5-6-20-16/h2,4-6,10,14H,1,3,7-9,11-13H2. The molecule has 0 saturated carbocycles. The lowest BCUT2D eigenvalue weighted by Crippen LogP contribution is -2.51. The lowest BCUT2D eigenvalue weighted by molar-refractivity contribution is 0.0597. The van der Waals surface area contributed by atoms with Gasteiger partial charge in [0.2, 0.25) is 0 Å². The largest absolute Gasteiger partial charge is 0.379 e. The van der Waals surface area contributed by atoms with Crippen molar-refractivity contribution in [2.24, 2.45) is 5.41 Å². The smallest absolute Gasteiger partial charge is 0.147 e. The molecule has 7 nitrogen and oxygen atoms in total. The SMILES string of the molecule is c1cc(N2CCCC3(COCCN(c4cnccn4)C3)C2)ncn1. The van der Waals surface area contributed by atoms with Crippen LogP contribution in [0.15, 0.2) is 37.2 Å². The summed E-state index contributed by atoms with van der Waals surface area (Å²) in [6, 6.07) is 1.98. The summed E-state index contributed by atoms with van der Waals surface area (Å²) in [6.07, 6.45) is 11.0. The van der Waals surface area contributed by atoms with Crippen LogP contribution in [-0.4, -0.2) is 59.3 Å². The zero-order valence-electron chi connectivity index (χ0n) is 13.7. The van der Waals surface area contributed by atoms with E-state index in [0.717, 1.165) is 63.9 Å². The predicted molar refractivity (Wildman–Crippen MR) is 91.0 cm³/mol. The van der Waals surface area contributed by atoms with Gasteiger partial charge in [-0.15, -0.1) is 0 Å². The summed E-state index contributed by atoms with van der Waals surface area (Å²) in [4.78, 5) is 21.8. The van der Waals surface area contributed by atoms with Crippen molar-refractivity contribution in [2.45, 2.75) is 12.8 Å². The van der Waals surface area contributed by atoms with E-state index in [0.29, 0.717) is 0 Å². The number of hydrogen-bond acceptors (Lipinski definition) is 7. The maximum Gasteiger partial charge on any atom is 0.147 e. The summed E-state index contributed by atoms with van der Waals surface area (Å²) in [5.74, 6) is 1.93. The average Bonchev–Trinajstić information content (AvgIpc) is 2.86. The lowest BCUT2D eigenvalue weighted by atomic mass is 9.80. The third kappa shape index (κ3) is 3.17. The van der Waals surface area contributed by atoms with E-state index >= 15 is 0 Å². The molecule has 1 spiro atoms. The summed E-state index contributed by atoms with van der Waals surface area (Å²) in [6.45, 7) is 5.28. The molecule has 126 valence electrons. The summed E-state index contributed by atoms with van der Waals surface area (Å²) < 4.78 is 5.97. The number of rotatable bonds is 2. The minimum absolute atomic E-state index is 0.0945. The van der Waals surface area contributed by atoms with Gasteiger partial charge in [-0.2, -0.15) is 0 Å². The van der Waals surface area contributed by atoms with E-state index in [-0.39, 0.29) is 5.41 Å². The Balaban J connectivity index is 1.56. The van der Waals surface area contributed by atoms with E-state index in [1.54, 1.807) is 24.9 Å². The van der Waals surface area contributed by atoms with Gasteiger partial charge >= 0.3 is 0 Å². The Kier molecular flexibility index (Phi) is 4.25. The quantitative estimate of drug-likeness (QED) is 0.826. The van der Waals surface area contributed by atoms with Crippen LogP contribution in [0, 0.1) is 5.41 Å². The second-order valence-corrected chi connectivity index (χ2v) is 6.63. The predicted octanol–water partition coefficient (Wildman–Crippen LogP) is 1.39. The highest BCUT2D eigenvalue weighted by Gasteiger charge is 2.39. The molecule has 4 rings (SSSR count). The topological polar surface area (TPSA) is 67.3 Å². The molecule has 0 aromatic carbocycles. The Morgan fingerprint density at radius 2 is 1.88 bits per heavy atom. The zero-order chi connectivity index (χ0) is 16.2. The van der Waals surface area contributed by atoms with Gasteiger partial charge in [0.05, 0.1) is 19.4 Å². The van der Waals surface area contributed by atoms with E-state index in [2.05, 4.69) is 29.7 Å². The molecule has 1 unspecified atom stereocenters. The molecular formula is C17H22N6O. The minimum Gasteiger partial charge on any atom is -0.379 e. The monoisotopic (exact) mass is 326 g/mol. The maximum absolute atomic E-state index is 5.97. The van der Waals surface area contributed by atoms with Gasteiger partial charge in [-0.3, -0.25) is 4.98 Å². The third-order valence-electron chi connectivity index (χ3n) is 4.87. The van der Waals surface area contributed by atoms with Crippen molar-refractivity contribution in [1.29, 1.82) is 0 Å². The van der Waals surface area contributed by atoms with E-state index in [1.165, 1.54) is 0 Å². The molecule has 0 amide bonds. The van der Waals surface area contributed by atoms with Crippen molar-refractivity contribution < 1.29 is 4.74 Å². The first-order chi connectivity index (χ1) is 11.8.